The molecule has 6 nitrogen and oxygen atoms in total. The molecule has 0 atom stereocenters. The van der Waals surface area contributed by atoms with E-state index in [-0.39, 0.29) is 24.5 Å². The Balaban J connectivity index is 2.12. The number of aryl methyl sites for hydroxylation is 1. The van der Waals surface area contributed by atoms with Gasteiger partial charge in [-0.1, -0.05) is 30.3 Å². The van der Waals surface area contributed by atoms with Gasteiger partial charge in [0.25, 0.3) is 0 Å². The summed E-state index contributed by atoms with van der Waals surface area (Å²) in [6, 6.07) is 12.8. The van der Waals surface area contributed by atoms with Gasteiger partial charge in [0.15, 0.2) is 0 Å². The molecule has 0 aliphatic rings. The second-order valence-electron chi connectivity index (χ2n) is 5.82. The van der Waals surface area contributed by atoms with Gasteiger partial charge in [0.2, 0.25) is 0 Å². The van der Waals surface area contributed by atoms with E-state index >= 15 is 0 Å². The molecule has 3 rings (SSSR count). The molecule has 0 N–H and O–H groups in total. The summed E-state index contributed by atoms with van der Waals surface area (Å²) < 4.78 is 10.2. The quantitative estimate of drug-likeness (QED) is 0.570. The third-order valence-electron chi connectivity index (χ3n) is 3.92. The van der Waals surface area contributed by atoms with Crippen LogP contribution in [0.4, 0.5) is 0 Å². The summed E-state index contributed by atoms with van der Waals surface area (Å²) in [5.74, 6) is -1.05. The summed E-state index contributed by atoms with van der Waals surface area (Å²) in [4.78, 5) is 34.5. The maximum absolute atomic E-state index is 12.4. The SMILES string of the molecule is CCOC(=O)c1ccc(C(=O)OCC)c(-c2nc(-c3ccccc3)sc2C)n1. The topological polar surface area (TPSA) is 78.4 Å². The molecule has 28 heavy (non-hydrogen) atoms. The molecule has 7 heteroatoms. The van der Waals surface area contributed by atoms with Crippen molar-refractivity contribution >= 4 is 23.3 Å². The molecule has 0 unspecified atom stereocenters. The van der Waals surface area contributed by atoms with Crippen molar-refractivity contribution in [2.24, 2.45) is 0 Å². The molecule has 2 heterocycles. The predicted octanol–water partition coefficient (Wildman–Crippen LogP) is 4.53. The first-order valence-electron chi connectivity index (χ1n) is 8.93. The number of thiazole rings is 1. The number of esters is 2. The van der Waals surface area contributed by atoms with Gasteiger partial charge < -0.3 is 9.47 Å². The van der Waals surface area contributed by atoms with Crippen molar-refractivity contribution in [1.82, 2.24) is 9.97 Å². The van der Waals surface area contributed by atoms with Crippen molar-refractivity contribution < 1.29 is 19.1 Å². The molecule has 0 spiro atoms. The van der Waals surface area contributed by atoms with Crippen molar-refractivity contribution in [2.75, 3.05) is 13.2 Å². The van der Waals surface area contributed by atoms with Gasteiger partial charge in [-0.05, 0) is 32.9 Å². The lowest BCUT2D eigenvalue weighted by Crippen LogP contribution is -2.12. The first kappa shape index (κ1) is 19.7. The molecule has 0 saturated heterocycles. The second kappa shape index (κ2) is 8.75. The van der Waals surface area contributed by atoms with Crippen LogP contribution in [0.25, 0.3) is 22.0 Å². The second-order valence-corrected chi connectivity index (χ2v) is 7.03. The number of aromatic nitrogens is 2. The van der Waals surface area contributed by atoms with Crippen LogP contribution in [0.5, 0.6) is 0 Å². The van der Waals surface area contributed by atoms with Crippen molar-refractivity contribution in [3.63, 3.8) is 0 Å². The zero-order valence-electron chi connectivity index (χ0n) is 15.9. The highest BCUT2D eigenvalue weighted by Gasteiger charge is 2.23. The van der Waals surface area contributed by atoms with Gasteiger partial charge in [0.05, 0.1) is 18.8 Å². The minimum absolute atomic E-state index is 0.124. The minimum atomic E-state index is -0.546. The van der Waals surface area contributed by atoms with Gasteiger partial charge >= 0.3 is 11.9 Å². The predicted molar refractivity (Wildman–Crippen MR) is 107 cm³/mol. The lowest BCUT2D eigenvalue weighted by Gasteiger charge is -2.09. The zero-order chi connectivity index (χ0) is 20.1. The van der Waals surface area contributed by atoms with E-state index in [0.29, 0.717) is 11.4 Å². The van der Waals surface area contributed by atoms with E-state index in [1.807, 2.05) is 37.3 Å². The average Bonchev–Trinajstić information content (AvgIpc) is 3.10. The lowest BCUT2D eigenvalue weighted by atomic mass is 10.1. The summed E-state index contributed by atoms with van der Waals surface area (Å²) in [6.45, 7) is 5.85. The average molecular weight is 396 g/mol. The Morgan fingerprint density at radius 3 is 2.25 bits per heavy atom. The first-order valence-corrected chi connectivity index (χ1v) is 9.75. The summed E-state index contributed by atoms with van der Waals surface area (Å²) in [5, 5.41) is 0.811. The molecule has 1 aromatic carbocycles. The number of carbonyl (C=O) groups is 2. The van der Waals surface area contributed by atoms with Crippen LogP contribution in [-0.4, -0.2) is 35.1 Å². The van der Waals surface area contributed by atoms with Gasteiger partial charge in [-0.2, -0.15) is 0 Å². The Bertz CT molecular complexity index is 999. The maximum Gasteiger partial charge on any atom is 0.356 e. The molecule has 3 aromatic rings. The normalized spacial score (nSPS) is 10.5. The molecular formula is C21H20N2O4S. The fraction of sp³-hybridized carbons (Fsp3) is 0.238. The maximum atomic E-state index is 12.4. The van der Waals surface area contributed by atoms with Crippen molar-refractivity contribution in [1.29, 1.82) is 0 Å². The molecular weight excluding hydrogens is 376 g/mol. The number of pyridine rings is 1. The number of nitrogens with zero attached hydrogens (tertiary/aromatic N) is 2. The largest absolute Gasteiger partial charge is 0.462 e. The Labute approximate surface area is 167 Å². The third kappa shape index (κ3) is 4.09. The van der Waals surface area contributed by atoms with E-state index in [2.05, 4.69) is 4.98 Å². The number of rotatable bonds is 6. The number of carbonyl (C=O) groups excluding carboxylic acids is 2. The van der Waals surface area contributed by atoms with E-state index in [9.17, 15) is 9.59 Å². The molecule has 0 bridgehead atoms. The molecule has 0 aliphatic carbocycles. The molecule has 0 aliphatic heterocycles. The number of benzene rings is 1. The van der Waals surface area contributed by atoms with Crippen LogP contribution in [-0.2, 0) is 9.47 Å². The van der Waals surface area contributed by atoms with Gasteiger partial charge in [-0.15, -0.1) is 11.3 Å². The molecule has 144 valence electrons. The summed E-state index contributed by atoms with van der Waals surface area (Å²) in [5.41, 5.74) is 2.24. The van der Waals surface area contributed by atoms with E-state index < -0.39 is 11.9 Å². The molecule has 0 saturated carbocycles. The monoisotopic (exact) mass is 396 g/mol. The molecule has 2 aromatic heterocycles. The highest BCUT2D eigenvalue weighted by molar-refractivity contribution is 7.15. The van der Waals surface area contributed by atoms with E-state index in [1.54, 1.807) is 13.8 Å². The van der Waals surface area contributed by atoms with Crippen LogP contribution in [0, 0.1) is 6.92 Å². The summed E-state index contributed by atoms with van der Waals surface area (Å²) in [7, 11) is 0. The zero-order valence-corrected chi connectivity index (χ0v) is 16.7. The highest BCUT2D eigenvalue weighted by atomic mass is 32.1. The van der Waals surface area contributed by atoms with Crippen molar-refractivity contribution in [3.05, 3.63) is 58.6 Å². The van der Waals surface area contributed by atoms with Gasteiger partial charge in [-0.25, -0.2) is 19.6 Å². The van der Waals surface area contributed by atoms with Gasteiger partial charge in [0.1, 0.15) is 22.1 Å². The van der Waals surface area contributed by atoms with Crippen LogP contribution < -0.4 is 0 Å². The van der Waals surface area contributed by atoms with Gasteiger partial charge in [0, 0.05) is 10.4 Å². The smallest absolute Gasteiger partial charge is 0.356 e. The Morgan fingerprint density at radius 1 is 0.893 bits per heavy atom. The van der Waals surface area contributed by atoms with E-state index in [4.69, 9.17) is 14.5 Å². The lowest BCUT2D eigenvalue weighted by molar-refractivity contribution is 0.0506. The minimum Gasteiger partial charge on any atom is -0.462 e. The van der Waals surface area contributed by atoms with Crippen molar-refractivity contribution in [2.45, 2.75) is 20.8 Å². The highest BCUT2D eigenvalue weighted by Crippen LogP contribution is 2.34. The fourth-order valence-corrected chi connectivity index (χ4v) is 3.57. The number of hydrogen-bond acceptors (Lipinski definition) is 7. The summed E-state index contributed by atoms with van der Waals surface area (Å²) >= 11 is 1.50. The van der Waals surface area contributed by atoms with E-state index in [0.717, 1.165) is 15.4 Å². The Hall–Kier alpha value is -3.06. The van der Waals surface area contributed by atoms with Crippen LogP contribution in [0.1, 0.15) is 39.6 Å². The van der Waals surface area contributed by atoms with Gasteiger partial charge in [-0.3, -0.25) is 0 Å². The molecule has 0 fully saturated rings. The van der Waals surface area contributed by atoms with Crippen LogP contribution in [0.2, 0.25) is 0 Å². The van der Waals surface area contributed by atoms with Crippen molar-refractivity contribution in [3.8, 4) is 22.0 Å². The van der Waals surface area contributed by atoms with Crippen LogP contribution in [0.3, 0.4) is 0 Å². The van der Waals surface area contributed by atoms with Crippen LogP contribution >= 0.6 is 11.3 Å². The third-order valence-corrected chi connectivity index (χ3v) is 4.94. The van der Waals surface area contributed by atoms with E-state index in [1.165, 1.54) is 23.5 Å². The first-order chi connectivity index (χ1) is 13.5. The standard InChI is InChI=1S/C21H20N2O4S/c1-4-26-20(24)15-11-12-16(21(25)27-5-2)22-18(15)17-13(3)28-19(23-17)14-9-7-6-8-10-14/h6-12H,4-5H2,1-3H3. The molecule has 0 amide bonds. The summed E-state index contributed by atoms with van der Waals surface area (Å²) in [6.07, 6.45) is 0. The van der Waals surface area contributed by atoms with Crippen LogP contribution in [0.15, 0.2) is 42.5 Å². The number of ether oxygens (including phenoxy) is 2. The Morgan fingerprint density at radius 2 is 1.57 bits per heavy atom. The molecule has 0 radical (unpaired) electrons. The Kier molecular flexibility index (Phi) is 6.16. The number of hydrogen-bond donors (Lipinski definition) is 0. The fourth-order valence-electron chi connectivity index (χ4n) is 2.65.